The van der Waals surface area contributed by atoms with Crippen molar-refractivity contribution >= 4 is 0 Å². The molecular formula is C14H28N2. The van der Waals surface area contributed by atoms with Crippen molar-refractivity contribution in [3.63, 3.8) is 0 Å². The van der Waals surface area contributed by atoms with Crippen LogP contribution in [-0.4, -0.2) is 24.0 Å². The number of nitrogens with zero attached hydrogens (tertiary/aromatic N) is 2. The van der Waals surface area contributed by atoms with Gasteiger partial charge < -0.3 is 0 Å². The number of nitriles is 1. The second-order valence-electron chi connectivity index (χ2n) is 4.81. The topological polar surface area (TPSA) is 27.0 Å². The van der Waals surface area contributed by atoms with Crippen LogP contribution in [0.25, 0.3) is 0 Å². The van der Waals surface area contributed by atoms with Crippen molar-refractivity contribution in [2.24, 2.45) is 0 Å². The predicted molar refractivity (Wildman–Crippen MR) is 70.3 cm³/mol. The van der Waals surface area contributed by atoms with Crippen LogP contribution in [0.3, 0.4) is 0 Å². The molecule has 0 heterocycles. The van der Waals surface area contributed by atoms with Gasteiger partial charge in [0.1, 0.15) is 0 Å². The minimum absolute atomic E-state index is 0.573. The normalized spacial score (nSPS) is 11.0. The minimum atomic E-state index is 0.573. The highest BCUT2D eigenvalue weighted by Crippen LogP contribution is 2.08. The third-order valence-corrected chi connectivity index (χ3v) is 3.04. The Morgan fingerprint density at radius 2 is 1.62 bits per heavy atom. The van der Waals surface area contributed by atoms with Gasteiger partial charge >= 0.3 is 0 Å². The molecule has 0 radical (unpaired) electrons. The maximum atomic E-state index is 8.59. The molecule has 0 aliphatic heterocycles. The van der Waals surface area contributed by atoms with E-state index in [4.69, 9.17) is 5.26 Å². The van der Waals surface area contributed by atoms with Crippen molar-refractivity contribution in [2.45, 2.75) is 71.8 Å². The van der Waals surface area contributed by atoms with Crippen molar-refractivity contribution < 1.29 is 0 Å². The van der Waals surface area contributed by atoms with Gasteiger partial charge in [0.2, 0.25) is 0 Å². The zero-order valence-corrected chi connectivity index (χ0v) is 11.3. The second-order valence-corrected chi connectivity index (χ2v) is 4.81. The molecule has 0 spiro atoms. The van der Waals surface area contributed by atoms with E-state index < -0.39 is 0 Å². The van der Waals surface area contributed by atoms with E-state index in [0.29, 0.717) is 12.5 Å². The lowest BCUT2D eigenvalue weighted by Crippen LogP contribution is -2.32. The number of rotatable bonds is 10. The summed E-state index contributed by atoms with van der Waals surface area (Å²) in [5.41, 5.74) is 0. The molecule has 94 valence electrons. The first-order chi connectivity index (χ1) is 7.72. The van der Waals surface area contributed by atoms with Gasteiger partial charge in [0.25, 0.3) is 0 Å². The summed E-state index contributed by atoms with van der Waals surface area (Å²) in [5, 5.41) is 8.59. The van der Waals surface area contributed by atoms with Crippen molar-refractivity contribution in [1.29, 1.82) is 5.26 Å². The summed E-state index contributed by atoms with van der Waals surface area (Å²) < 4.78 is 0. The van der Waals surface area contributed by atoms with Gasteiger partial charge in [0.05, 0.1) is 6.07 Å². The fourth-order valence-corrected chi connectivity index (χ4v) is 1.92. The third-order valence-electron chi connectivity index (χ3n) is 3.04. The number of unbranched alkanes of at least 4 members (excludes halogenated alkanes) is 5. The van der Waals surface area contributed by atoms with Crippen LogP contribution in [0.4, 0.5) is 0 Å². The van der Waals surface area contributed by atoms with Crippen LogP contribution in [0, 0.1) is 11.3 Å². The van der Waals surface area contributed by atoms with Gasteiger partial charge in [-0.1, -0.05) is 39.0 Å². The molecule has 0 fully saturated rings. The minimum Gasteiger partial charge on any atom is -0.300 e. The number of hydrogen-bond acceptors (Lipinski definition) is 2. The standard InChI is InChI=1S/C14H28N2/c1-4-5-6-7-8-9-12-16(14(2)3)13-10-11-15/h14H,4-10,12-13H2,1-3H3. The lowest BCUT2D eigenvalue weighted by atomic mass is 10.1. The van der Waals surface area contributed by atoms with Gasteiger partial charge in [0.15, 0.2) is 0 Å². The van der Waals surface area contributed by atoms with Crippen LogP contribution in [0.15, 0.2) is 0 Å². The van der Waals surface area contributed by atoms with Crippen LogP contribution >= 0.6 is 0 Å². The van der Waals surface area contributed by atoms with Gasteiger partial charge in [-0.25, -0.2) is 0 Å². The molecule has 0 bridgehead atoms. The highest BCUT2D eigenvalue weighted by atomic mass is 15.1. The van der Waals surface area contributed by atoms with Crippen LogP contribution in [0.1, 0.15) is 65.7 Å². The fourth-order valence-electron chi connectivity index (χ4n) is 1.92. The highest BCUT2D eigenvalue weighted by molar-refractivity contribution is 4.73. The van der Waals surface area contributed by atoms with E-state index in [2.05, 4.69) is 31.7 Å². The molecular weight excluding hydrogens is 196 g/mol. The van der Waals surface area contributed by atoms with Gasteiger partial charge in [-0.2, -0.15) is 5.26 Å². The van der Waals surface area contributed by atoms with E-state index in [1.54, 1.807) is 0 Å². The summed E-state index contributed by atoms with van der Waals surface area (Å²) in [7, 11) is 0. The molecule has 0 amide bonds. The monoisotopic (exact) mass is 224 g/mol. The second kappa shape index (κ2) is 11.0. The molecule has 0 atom stereocenters. The molecule has 0 aromatic rings. The molecule has 0 aliphatic carbocycles. The first kappa shape index (κ1) is 15.4. The molecule has 2 heteroatoms. The van der Waals surface area contributed by atoms with Crippen LogP contribution < -0.4 is 0 Å². The van der Waals surface area contributed by atoms with Gasteiger partial charge in [0, 0.05) is 19.0 Å². The Kier molecular flexibility index (Phi) is 10.6. The SMILES string of the molecule is CCCCCCCCN(CCC#N)C(C)C. The quantitative estimate of drug-likeness (QED) is 0.525. The molecule has 0 saturated carbocycles. The van der Waals surface area contributed by atoms with E-state index in [9.17, 15) is 0 Å². The third kappa shape index (κ3) is 8.73. The molecule has 0 N–H and O–H groups in total. The zero-order chi connectivity index (χ0) is 12.2. The Hall–Kier alpha value is -0.550. The molecule has 0 rings (SSSR count). The summed E-state index contributed by atoms with van der Waals surface area (Å²) in [4.78, 5) is 2.42. The van der Waals surface area contributed by atoms with Crippen molar-refractivity contribution in [2.75, 3.05) is 13.1 Å². The predicted octanol–water partition coefficient (Wildman–Crippen LogP) is 3.97. The molecule has 0 aliphatic rings. The van der Waals surface area contributed by atoms with E-state index in [1.807, 2.05) is 0 Å². The molecule has 0 saturated heterocycles. The Balaban J connectivity index is 3.49. The first-order valence-electron chi connectivity index (χ1n) is 6.83. The van der Waals surface area contributed by atoms with Crippen LogP contribution in [0.2, 0.25) is 0 Å². The van der Waals surface area contributed by atoms with Gasteiger partial charge in [-0.05, 0) is 26.8 Å². The average molecular weight is 224 g/mol. The highest BCUT2D eigenvalue weighted by Gasteiger charge is 2.07. The summed E-state index contributed by atoms with van der Waals surface area (Å²) in [6.07, 6.45) is 8.74. The Morgan fingerprint density at radius 3 is 2.19 bits per heavy atom. The Labute approximate surface area is 102 Å². The van der Waals surface area contributed by atoms with Gasteiger partial charge in [-0.15, -0.1) is 0 Å². The van der Waals surface area contributed by atoms with Crippen molar-refractivity contribution in [3.05, 3.63) is 0 Å². The van der Waals surface area contributed by atoms with Crippen molar-refractivity contribution in [1.82, 2.24) is 4.90 Å². The van der Waals surface area contributed by atoms with Crippen LogP contribution in [-0.2, 0) is 0 Å². The van der Waals surface area contributed by atoms with E-state index in [-0.39, 0.29) is 0 Å². The lowest BCUT2D eigenvalue weighted by molar-refractivity contribution is 0.221. The Morgan fingerprint density at radius 1 is 1.00 bits per heavy atom. The first-order valence-corrected chi connectivity index (χ1v) is 6.83. The summed E-state index contributed by atoms with van der Waals surface area (Å²) in [5.74, 6) is 0. The lowest BCUT2D eigenvalue weighted by Gasteiger charge is -2.25. The molecule has 0 aromatic carbocycles. The fraction of sp³-hybridized carbons (Fsp3) is 0.929. The van der Waals surface area contributed by atoms with Gasteiger partial charge in [-0.3, -0.25) is 4.90 Å². The molecule has 0 unspecified atom stereocenters. The van der Waals surface area contributed by atoms with E-state index in [0.717, 1.165) is 13.1 Å². The number of hydrogen-bond donors (Lipinski definition) is 0. The average Bonchev–Trinajstić information content (AvgIpc) is 2.26. The smallest absolute Gasteiger partial charge is 0.0635 e. The summed E-state index contributed by atoms with van der Waals surface area (Å²) in [6, 6.07) is 2.80. The van der Waals surface area contributed by atoms with E-state index >= 15 is 0 Å². The Bertz CT molecular complexity index is 182. The largest absolute Gasteiger partial charge is 0.300 e. The maximum absolute atomic E-state index is 8.59. The van der Waals surface area contributed by atoms with Crippen molar-refractivity contribution in [3.8, 4) is 6.07 Å². The van der Waals surface area contributed by atoms with E-state index in [1.165, 1.54) is 38.5 Å². The zero-order valence-electron chi connectivity index (χ0n) is 11.3. The molecule has 16 heavy (non-hydrogen) atoms. The summed E-state index contributed by atoms with van der Waals surface area (Å²) >= 11 is 0. The summed E-state index contributed by atoms with van der Waals surface area (Å²) in [6.45, 7) is 8.78. The molecule has 2 nitrogen and oxygen atoms in total. The molecule has 0 aromatic heterocycles. The maximum Gasteiger partial charge on any atom is 0.0635 e. The van der Waals surface area contributed by atoms with Crippen LogP contribution in [0.5, 0.6) is 0 Å².